The second kappa shape index (κ2) is 12.0. The van der Waals surface area contributed by atoms with Gasteiger partial charge in [0.25, 0.3) is 11.5 Å². The van der Waals surface area contributed by atoms with Gasteiger partial charge < -0.3 is 10.4 Å². The molecule has 1 aromatic carbocycles. The number of nitrogens with one attached hydrogen (secondary N) is 1. The number of carbonyl (C=O) groups excluding carboxylic acids is 1. The summed E-state index contributed by atoms with van der Waals surface area (Å²) in [6.07, 6.45) is 2.42. The van der Waals surface area contributed by atoms with Crippen LogP contribution in [0, 0.1) is 24.1 Å². The van der Waals surface area contributed by atoms with Crippen LogP contribution in [0.2, 0.25) is 0 Å². The largest absolute Gasteiger partial charge is 0.481 e. The predicted molar refractivity (Wildman–Crippen MR) is 141 cm³/mol. The molecule has 0 atom stereocenters. The zero-order valence-electron chi connectivity index (χ0n) is 19.8. The van der Waals surface area contributed by atoms with E-state index in [1.807, 2.05) is 13.0 Å². The van der Waals surface area contributed by atoms with E-state index in [9.17, 15) is 24.0 Å². The zero-order valence-corrected chi connectivity index (χ0v) is 21.5. The van der Waals surface area contributed by atoms with Crippen molar-refractivity contribution >= 4 is 52.1 Å². The first-order valence-corrected chi connectivity index (χ1v) is 12.5. The topological polar surface area (TPSA) is 115 Å². The third-order valence-electron chi connectivity index (χ3n) is 5.62. The molecule has 1 aliphatic heterocycles. The Morgan fingerprint density at radius 3 is 2.58 bits per heavy atom. The fourth-order valence-electron chi connectivity index (χ4n) is 3.79. The lowest BCUT2D eigenvalue weighted by molar-refractivity contribution is -0.137. The van der Waals surface area contributed by atoms with Crippen LogP contribution in [0.15, 0.2) is 34.0 Å². The van der Waals surface area contributed by atoms with Gasteiger partial charge in [-0.2, -0.15) is 5.26 Å². The van der Waals surface area contributed by atoms with E-state index in [0.29, 0.717) is 39.1 Å². The van der Waals surface area contributed by atoms with Gasteiger partial charge in [-0.3, -0.25) is 23.9 Å². The fourth-order valence-corrected chi connectivity index (χ4v) is 5.08. The minimum absolute atomic E-state index is 0.0148. The number of carbonyl (C=O) groups is 2. The van der Waals surface area contributed by atoms with E-state index in [2.05, 4.69) is 5.32 Å². The Bertz CT molecular complexity index is 1330. The summed E-state index contributed by atoms with van der Waals surface area (Å²) >= 11 is 6.43. The third kappa shape index (κ3) is 6.01. The number of aromatic nitrogens is 1. The van der Waals surface area contributed by atoms with E-state index >= 15 is 0 Å². The average molecular weight is 529 g/mol. The number of carboxylic acids is 1. The first kappa shape index (κ1) is 27.1. The quantitative estimate of drug-likeness (QED) is 0.347. The van der Waals surface area contributed by atoms with Crippen LogP contribution in [0.5, 0.6) is 0 Å². The summed E-state index contributed by atoms with van der Waals surface area (Å²) in [5.41, 5.74) is 1.26. The molecule has 188 valence electrons. The molecule has 1 aliphatic rings. The lowest BCUT2D eigenvalue weighted by Gasteiger charge is -2.20. The van der Waals surface area contributed by atoms with E-state index in [1.54, 1.807) is 25.1 Å². The van der Waals surface area contributed by atoms with Crippen molar-refractivity contribution in [3.05, 3.63) is 67.6 Å². The maximum Gasteiger partial charge on any atom is 0.303 e. The Morgan fingerprint density at radius 2 is 1.97 bits per heavy atom. The van der Waals surface area contributed by atoms with Gasteiger partial charge in [-0.1, -0.05) is 43.0 Å². The first-order valence-electron chi connectivity index (χ1n) is 11.3. The van der Waals surface area contributed by atoms with Crippen molar-refractivity contribution in [1.29, 1.82) is 5.26 Å². The molecule has 8 nitrogen and oxygen atoms in total. The van der Waals surface area contributed by atoms with Crippen LogP contribution in [0.3, 0.4) is 0 Å². The highest BCUT2D eigenvalue weighted by Crippen LogP contribution is 2.35. The molecule has 0 unspecified atom stereocenters. The standard InChI is InChI=1S/C25H25FN4O4S2/c1-3-10-29-22(28-14-16-6-8-17(26)9-7-16)18(15(2)19(13-27)23(29)33)12-20-24(34)30(25(35)36-20)11-4-5-21(31)32/h6-9,12,28H,3-5,10-11,14H2,1-2H3,(H,31,32)/b20-12+. The van der Waals surface area contributed by atoms with Gasteiger partial charge in [0.15, 0.2) is 0 Å². The lowest BCUT2D eigenvalue weighted by Crippen LogP contribution is -2.29. The van der Waals surface area contributed by atoms with Crippen LogP contribution >= 0.6 is 24.0 Å². The van der Waals surface area contributed by atoms with Gasteiger partial charge in [0, 0.05) is 31.6 Å². The van der Waals surface area contributed by atoms with Gasteiger partial charge in [0.2, 0.25) is 0 Å². The molecule has 2 aromatic rings. The number of thiocarbonyl (C=S) groups is 1. The molecule has 2 N–H and O–H groups in total. The molecular formula is C25H25FN4O4S2. The predicted octanol–water partition coefficient (Wildman–Crippen LogP) is 4.26. The summed E-state index contributed by atoms with van der Waals surface area (Å²) in [4.78, 5) is 38.7. The summed E-state index contributed by atoms with van der Waals surface area (Å²) < 4.78 is 15.1. The Hall–Kier alpha value is -3.49. The van der Waals surface area contributed by atoms with Crippen molar-refractivity contribution in [2.45, 2.75) is 46.2 Å². The highest BCUT2D eigenvalue weighted by Gasteiger charge is 2.32. The molecule has 11 heteroatoms. The van der Waals surface area contributed by atoms with Gasteiger partial charge in [-0.25, -0.2) is 4.39 Å². The number of anilines is 1. The average Bonchev–Trinajstić information content (AvgIpc) is 3.10. The maximum atomic E-state index is 13.3. The molecular weight excluding hydrogens is 503 g/mol. The van der Waals surface area contributed by atoms with Crippen LogP contribution in [-0.4, -0.2) is 37.3 Å². The lowest BCUT2D eigenvalue weighted by atomic mass is 10.0. The number of rotatable bonds is 10. The van der Waals surface area contributed by atoms with Crippen molar-refractivity contribution in [3.63, 3.8) is 0 Å². The number of aliphatic carboxylic acids is 1. The van der Waals surface area contributed by atoms with Crippen LogP contribution in [0.25, 0.3) is 6.08 Å². The number of nitriles is 1. The molecule has 0 bridgehead atoms. The molecule has 1 amide bonds. The number of benzene rings is 1. The van der Waals surface area contributed by atoms with Gasteiger partial charge in [0.05, 0.1) is 4.91 Å². The Morgan fingerprint density at radius 1 is 1.28 bits per heavy atom. The molecule has 0 spiro atoms. The Labute approximate surface area is 217 Å². The number of pyridine rings is 1. The van der Waals surface area contributed by atoms with Gasteiger partial charge in [-0.05, 0) is 49.1 Å². The molecule has 0 saturated carbocycles. The Kier molecular flexibility index (Phi) is 9.01. The molecule has 2 heterocycles. The summed E-state index contributed by atoms with van der Waals surface area (Å²) in [6.45, 7) is 4.37. The number of nitrogens with zero attached hydrogens (tertiary/aromatic N) is 3. The highest BCUT2D eigenvalue weighted by atomic mass is 32.2. The first-order chi connectivity index (χ1) is 17.2. The monoisotopic (exact) mass is 528 g/mol. The van der Waals surface area contributed by atoms with Crippen molar-refractivity contribution in [2.24, 2.45) is 0 Å². The molecule has 3 rings (SSSR count). The molecule has 1 saturated heterocycles. The fraction of sp³-hybridized carbons (Fsp3) is 0.320. The minimum atomic E-state index is -0.953. The zero-order chi connectivity index (χ0) is 26.4. The van der Waals surface area contributed by atoms with Crippen LogP contribution in [-0.2, 0) is 22.7 Å². The van der Waals surface area contributed by atoms with Crippen LogP contribution in [0.4, 0.5) is 10.2 Å². The summed E-state index contributed by atoms with van der Waals surface area (Å²) in [6, 6.07) is 7.93. The van der Waals surface area contributed by atoms with E-state index in [0.717, 1.165) is 17.3 Å². The number of halogens is 1. The number of carboxylic acid groups (broad SMARTS) is 1. The van der Waals surface area contributed by atoms with Gasteiger partial charge in [0.1, 0.15) is 27.6 Å². The minimum Gasteiger partial charge on any atom is -0.481 e. The van der Waals surface area contributed by atoms with Gasteiger partial charge in [-0.15, -0.1) is 0 Å². The number of hydrogen-bond donors (Lipinski definition) is 2. The van der Waals surface area contributed by atoms with Crippen molar-refractivity contribution in [3.8, 4) is 6.07 Å². The molecule has 1 fully saturated rings. The summed E-state index contributed by atoms with van der Waals surface area (Å²) in [5.74, 6) is -1.22. The molecule has 36 heavy (non-hydrogen) atoms. The van der Waals surface area contributed by atoms with Gasteiger partial charge >= 0.3 is 5.97 Å². The van der Waals surface area contributed by atoms with Crippen LogP contribution < -0.4 is 10.9 Å². The number of amides is 1. The second-order valence-electron chi connectivity index (χ2n) is 8.14. The smallest absolute Gasteiger partial charge is 0.303 e. The number of hydrogen-bond acceptors (Lipinski definition) is 7. The second-order valence-corrected chi connectivity index (χ2v) is 9.82. The summed E-state index contributed by atoms with van der Waals surface area (Å²) in [5, 5.41) is 21.8. The number of thioether (sulfide) groups is 1. The molecule has 0 radical (unpaired) electrons. The Balaban J connectivity index is 2.06. The third-order valence-corrected chi connectivity index (χ3v) is 6.99. The maximum absolute atomic E-state index is 13.3. The van der Waals surface area contributed by atoms with Crippen molar-refractivity contribution in [2.75, 3.05) is 11.9 Å². The van der Waals surface area contributed by atoms with E-state index in [1.165, 1.54) is 21.6 Å². The molecule has 0 aliphatic carbocycles. The SMILES string of the molecule is CCCn1c(NCc2ccc(F)cc2)c(/C=C2/SC(=S)N(CCCC(=O)O)C2=O)c(C)c(C#N)c1=O. The van der Waals surface area contributed by atoms with E-state index in [4.69, 9.17) is 17.3 Å². The summed E-state index contributed by atoms with van der Waals surface area (Å²) in [7, 11) is 0. The van der Waals surface area contributed by atoms with Crippen molar-refractivity contribution < 1.29 is 19.1 Å². The van der Waals surface area contributed by atoms with E-state index in [-0.39, 0.29) is 43.2 Å². The van der Waals surface area contributed by atoms with E-state index < -0.39 is 11.5 Å². The van der Waals surface area contributed by atoms with Crippen LogP contribution in [0.1, 0.15) is 48.4 Å². The highest BCUT2D eigenvalue weighted by molar-refractivity contribution is 8.26. The normalized spacial score (nSPS) is 14.4. The molecule has 1 aromatic heterocycles. The van der Waals surface area contributed by atoms with Crippen molar-refractivity contribution in [1.82, 2.24) is 9.47 Å².